The number of para-hydroxylation sites is 1. The first-order valence-electron chi connectivity index (χ1n) is 9.25. The number of rotatable bonds is 3. The maximum Gasteiger partial charge on any atom is 0.270 e. The zero-order valence-corrected chi connectivity index (χ0v) is 16.9. The van der Waals surface area contributed by atoms with Crippen LogP contribution >= 0.6 is 11.3 Å². The summed E-state index contributed by atoms with van der Waals surface area (Å²) < 4.78 is 10.8. The molecule has 0 spiro atoms. The first-order chi connectivity index (χ1) is 14.1. The van der Waals surface area contributed by atoms with E-state index in [2.05, 4.69) is 6.07 Å². The molecular weight excluding hydrogens is 386 g/mol. The fraction of sp³-hybridized carbons (Fsp3) is 0.182. The monoisotopic (exact) mass is 405 g/mol. The largest absolute Gasteiger partial charge is 0.493 e. The van der Waals surface area contributed by atoms with Crippen LogP contribution < -0.4 is 20.1 Å². The van der Waals surface area contributed by atoms with Gasteiger partial charge < -0.3 is 20.1 Å². The van der Waals surface area contributed by atoms with Crippen LogP contribution in [0.15, 0.2) is 42.5 Å². The van der Waals surface area contributed by atoms with Crippen molar-refractivity contribution < 1.29 is 14.3 Å². The number of hydrogen-bond acceptors (Lipinski definition) is 6. The molecule has 0 saturated carbocycles. The number of nitrogens with two attached hydrogens (primary N) is 1. The Bertz CT molecular complexity index is 1280. The molecule has 2 N–H and O–H groups in total. The Kier molecular flexibility index (Phi) is 4.06. The molecule has 29 heavy (non-hydrogen) atoms. The normalized spacial score (nSPS) is 13.1. The molecule has 0 atom stereocenters. The molecule has 0 aliphatic carbocycles. The van der Waals surface area contributed by atoms with Crippen molar-refractivity contribution >= 4 is 49.7 Å². The number of pyridine rings is 1. The number of ether oxygens (including phenoxy) is 2. The van der Waals surface area contributed by atoms with Crippen molar-refractivity contribution in [3.8, 4) is 11.5 Å². The van der Waals surface area contributed by atoms with Crippen LogP contribution in [0.4, 0.5) is 11.4 Å². The molecule has 0 fully saturated rings. The van der Waals surface area contributed by atoms with Gasteiger partial charge in [-0.15, -0.1) is 11.3 Å². The summed E-state index contributed by atoms with van der Waals surface area (Å²) in [4.78, 5) is 21.1. The lowest BCUT2D eigenvalue weighted by Crippen LogP contribution is -2.28. The molecular formula is C22H19N3O3S. The lowest BCUT2D eigenvalue weighted by atomic mass is 10.1. The summed E-state index contributed by atoms with van der Waals surface area (Å²) in [5, 5.41) is 1.66. The van der Waals surface area contributed by atoms with Gasteiger partial charge in [0, 0.05) is 29.1 Å². The number of hydrogen-bond donors (Lipinski definition) is 1. The average Bonchev–Trinajstić information content (AvgIpc) is 3.32. The summed E-state index contributed by atoms with van der Waals surface area (Å²) in [5.74, 6) is 1.16. The van der Waals surface area contributed by atoms with Gasteiger partial charge in [-0.05, 0) is 30.2 Å². The van der Waals surface area contributed by atoms with Crippen molar-refractivity contribution in [1.82, 2.24) is 4.98 Å². The third-order valence-corrected chi connectivity index (χ3v) is 6.45. The average molecular weight is 405 g/mol. The van der Waals surface area contributed by atoms with Gasteiger partial charge in [0.25, 0.3) is 5.91 Å². The molecule has 0 radical (unpaired) electrons. The summed E-state index contributed by atoms with van der Waals surface area (Å²) >= 11 is 1.33. The van der Waals surface area contributed by atoms with Crippen LogP contribution in [0.5, 0.6) is 11.5 Å². The highest BCUT2D eigenvalue weighted by atomic mass is 32.1. The maximum atomic E-state index is 13.3. The second kappa shape index (κ2) is 6.63. The number of amides is 1. The van der Waals surface area contributed by atoms with Crippen molar-refractivity contribution in [2.45, 2.75) is 6.42 Å². The highest BCUT2D eigenvalue weighted by Gasteiger charge is 2.28. The summed E-state index contributed by atoms with van der Waals surface area (Å²) in [6.45, 7) is 0.662. The van der Waals surface area contributed by atoms with E-state index >= 15 is 0 Å². The van der Waals surface area contributed by atoms with Gasteiger partial charge in [-0.2, -0.15) is 0 Å². The number of thiophene rings is 1. The number of nitrogens with zero attached hydrogens (tertiary/aromatic N) is 2. The third-order valence-electron chi connectivity index (χ3n) is 5.35. The number of anilines is 2. The van der Waals surface area contributed by atoms with Crippen molar-refractivity contribution in [1.29, 1.82) is 0 Å². The van der Waals surface area contributed by atoms with E-state index in [0.717, 1.165) is 33.2 Å². The second-order valence-electron chi connectivity index (χ2n) is 6.92. The highest BCUT2D eigenvalue weighted by molar-refractivity contribution is 7.21. The van der Waals surface area contributed by atoms with Crippen LogP contribution in [-0.2, 0) is 6.42 Å². The van der Waals surface area contributed by atoms with Crippen molar-refractivity contribution in [2.75, 3.05) is 31.4 Å². The van der Waals surface area contributed by atoms with E-state index in [1.54, 1.807) is 14.2 Å². The Hall–Kier alpha value is -3.32. The topological polar surface area (TPSA) is 77.7 Å². The lowest BCUT2D eigenvalue weighted by molar-refractivity contribution is 0.0994. The Balaban J connectivity index is 1.63. The maximum absolute atomic E-state index is 13.3. The van der Waals surface area contributed by atoms with Gasteiger partial charge in [-0.25, -0.2) is 4.98 Å². The predicted octanol–water partition coefficient (Wildman–Crippen LogP) is 4.25. The summed E-state index contributed by atoms with van der Waals surface area (Å²) in [5.41, 5.74) is 9.80. The van der Waals surface area contributed by atoms with Crippen LogP contribution in [0.2, 0.25) is 0 Å². The molecule has 0 unspecified atom stereocenters. The highest BCUT2D eigenvalue weighted by Crippen LogP contribution is 2.39. The fourth-order valence-corrected chi connectivity index (χ4v) is 4.89. The van der Waals surface area contributed by atoms with Gasteiger partial charge in [0.1, 0.15) is 9.71 Å². The minimum absolute atomic E-state index is 0.0744. The van der Waals surface area contributed by atoms with E-state index in [0.29, 0.717) is 28.6 Å². The molecule has 1 aliphatic rings. The van der Waals surface area contributed by atoms with Gasteiger partial charge in [-0.3, -0.25) is 4.79 Å². The number of carbonyl (C=O) groups excluding carboxylic acids is 1. The zero-order valence-electron chi connectivity index (χ0n) is 16.1. The van der Waals surface area contributed by atoms with Gasteiger partial charge in [0.05, 0.1) is 25.4 Å². The van der Waals surface area contributed by atoms with E-state index in [1.807, 2.05) is 41.3 Å². The van der Waals surface area contributed by atoms with E-state index in [4.69, 9.17) is 20.2 Å². The van der Waals surface area contributed by atoms with E-state index in [9.17, 15) is 4.79 Å². The molecule has 2 aromatic heterocycles. The van der Waals surface area contributed by atoms with Crippen LogP contribution in [0.1, 0.15) is 15.2 Å². The van der Waals surface area contributed by atoms with Gasteiger partial charge in [-0.1, -0.05) is 18.2 Å². The Morgan fingerprint density at radius 3 is 2.69 bits per heavy atom. The molecule has 0 bridgehead atoms. The van der Waals surface area contributed by atoms with Crippen LogP contribution in [-0.4, -0.2) is 31.7 Å². The van der Waals surface area contributed by atoms with Crippen LogP contribution in [0.3, 0.4) is 0 Å². The fourth-order valence-electron chi connectivity index (χ4n) is 3.86. The van der Waals surface area contributed by atoms with Crippen molar-refractivity contribution in [3.63, 3.8) is 0 Å². The number of aromatic nitrogens is 1. The molecule has 2 aromatic carbocycles. The lowest BCUT2D eigenvalue weighted by Gasteiger charge is -2.16. The van der Waals surface area contributed by atoms with E-state index < -0.39 is 0 Å². The van der Waals surface area contributed by atoms with E-state index in [-0.39, 0.29) is 5.91 Å². The molecule has 6 nitrogen and oxygen atoms in total. The number of methoxy groups -OCH3 is 2. The van der Waals surface area contributed by atoms with Crippen LogP contribution in [0, 0.1) is 0 Å². The second-order valence-corrected chi connectivity index (χ2v) is 7.92. The number of fused-ring (bicyclic) bond motifs is 3. The SMILES string of the molecule is COc1cc2cc3c(N)c(C(=O)N4CCc5ccccc54)sc3nc2cc1OC. The summed E-state index contributed by atoms with van der Waals surface area (Å²) in [6, 6.07) is 13.7. The van der Waals surface area contributed by atoms with Gasteiger partial charge >= 0.3 is 0 Å². The Labute approximate surface area is 171 Å². The van der Waals surface area contributed by atoms with Crippen molar-refractivity contribution in [3.05, 3.63) is 52.9 Å². The third kappa shape index (κ3) is 2.69. The summed E-state index contributed by atoms with van der Waals surface area (Å²) in [6.07, 6.45) is 0.856. The number of benzene rings is 2. The Morgan fingerprint density at radius 2 is 1.90 bits per heavy atom. The number of carbonyl (C=O) groups is 1. The van der Waals surface area contributed by atoms with Crippen molar-refractivity contribution in [2.24, 2.45) is 0 Å². The number of nitrogen functional groups attached to an aromatic ring is 1. The standard InChI is InChI=1S/C22H19N3O3S/c1-27-17-10-13-9-14-19(23)20(29-21(14)24-15(13)11-18(17)28-2)22(26)25-8-7-12-5-3-4-6-16(12)25/h3-6,9-11H,7-8,23H2,1-2H3. The summed E-state index contributed by atoms with van der Waals surface area (Å²) in [7, 11) is 3.19. The first kappa shape index (κ1) is 17.8. The van der Waals surface area contributed by atoms with Gasteiger partial charge in [0.2, 0.25) is 0 Å². The molecule has 146 valence electrons. The van der Waals surface area contributed by atoms with Gasteiger partial charge in [0.15, 0.2) is 11.5 Å². The molecule has 3 heterocycles. The first-order valence-corrected chi connectivity index (χ1v) is 10.1. The molecule has 0 saturated heterocycles. The minimum Gasteiger partial charge on any atom is -0.493 e. The van der Waals surface area contributed by atoms with E-state index in [1.165, 1.54) is 16.9 Å². The van der Waals surface area contributed by atoms with Crippen LogP contribution in [0.25, 0.3) is 21.1 Å². The molecule has 1 aliphatic heterocycles. The molecule has 7 heteroatoms. The smallest absolute Gasteiger partial charge is 0.270 e. The predicted molar refractivity (Wildman–Crippen MR) is 116 cm³/mol. The molecule has 1 amide bonds. The minimum atomic E-state index is -0.0744. The molecule has 4 aromatic rings. The zero-order chi connectivity index (χ0) is 20.1. The Morgan fingerprint density at radius 1 is 1.14 bits per heavy atom. The quantitative estimate of drug-likeness (QED) is 0.551. The molecule has 5 rings (SSSR count).